The topological polar surface area (TPSA) is 21.3 Å². The van der Waals surface area contributed by atoms with E-state index in [1.165, 1.54) is 19.3 Å². The second-order valence-electron chi connectivity index (χ2n) is 2.95. The Kier molecular flexibility index (Phi) is 7.02. The van der Waals surface area contributed by atoms with Gasteiger partial charge in [0.1, 0.15) is 0 Å². The van der Waals surface area contributed by atoms with Crippen molar-refractivity contribution in [3.63, 3.8) is 0 Å². The Labute approximate surface area is 75.1 Å². The van der Waals surface area contributed by atoms with Crippen molar-refractivity contribution in [2.45, 2.75) is 19.3 Å². The van der Waals surface area contributed by atoms with E-state index in [-0.39, 0.29) is 12.4 Å². The molecular formula is C8H18ClNO. The molecule has 1 fully saturated rings. The average Bonchev–Trinajstić information content (AvgIpc) is 2.03. The summed E-state index contributed by atoms with van der Waals surface area (Å²) in [6, 6.07) is 0. The largest absolute Gasteiger partial charge is 0.381 e. The van der Waals surface area contributed by atoms with Gasteiger partial charge >= 0.3 is 0 Å². The molecular weight excluding hydrogens is 162 g/mol. The van der Waals surface area contributed by atoms with Gasteiger partial charge < -0.3 is 10.1 Å². The zero-order valence-electron chi connectivity index (χ0n) is 7.14. The van der Waals surface area contributed by atoms with Gasteiger partial charge in [-0.05, 0) is 38.8 Å². The van der Waals surface area contributed by atoms with Crippen LogP contribution in [0.1, 0.15) is 19.3 Å². The van der Waals surface area contributed by atoms with E-state index in [0.29, 0.717) is 0 Å². The normalized spacial score (nSPS) is 19.4. The zero-order chi connectivity index (χ0) is 7.23. The maximum Gasteiger partial charge on any atom is 0.0468 e. The Hall–Kier alpha value is 0.210. The quantitative estimate of drug-likeness (QED) is 0.708. The summed E-state index contributed by atoms with van der Waals surface area (Å²) in [6.45, 7) is 3.12. The number of hydrogen-bond donors (Lipinski definition) is 1. The number of rotatable bonds is 3. The predicted molar refractivity (Wildman–Crippen MR) is 49.3 cm³/mol. The molecule has 0 aliphatic carbocycles. The standard InChI is InChI=1S/C8H17NO.ClH/c1-9-5-2-8-3-6-10-7-4-8;/h8-9H,2-7H2,1H3;1H. The maximum atomic E-state index is 5.26. The van der Waals surface area contributed by atoms with Crippen molar-refractivity contribution in [2.75, 3.05) is 26.8 Å². The van der Waals surface area contributed by atoms with Gasteiger partial charge in [-0.1, -0.05) is 0 Å². The maximum absolute atomic E-state index is 5.26. The molecule has 0 amide bonds. The minimum Gasteiger partial charge on any atom is -0.381 e. The Bertz CT molecular complexity index is 84.2. The van der Waals surface area contributed by atoms with Gasteiger partial charge in [0, 0.05) is 13.2 Å². The van der Waals surface area contributed by atoms with Gasteiger partial charge in [0.05, 0.1) is 0 Å². The van der Waals surface area contributed by atoms with E-state index >= 15 is 0 Å². The highest BCUT2D eigenvalue weighted by Crippen LogP contribution is 2.17. The van der Waals surface area contributed by atoms with Crippen molar-refractivity contribution in [2.24, 2.45) is 5.92 Å². The molecule has 1 N–H and O–H groups in total. The first kappa shape index (κ1) is 11.2. The number of nitrogens with one attached hydrogen (secondary N) is 1. The lowest BCUT2D eigenvalue weighted by Gasteiger charge is -2.21. The molecule has 1 heterocycles. The molecule has 0 aromatic rings. The summed E-state index contributed by atoms with van der Waals surface area (Å²) in [5, 5.41) is 3.17. The fourth-order valence-electron chi connectivity index (χ4n) is 1.38. The van der Waals surface area contributed by atoms with Crippen molar-refractivity contribution in [1.29, 1.82) is 0 Å². The van der Waals surface area contributed by atoms with Gasteiger partial charge in [0.15, 0.2) is 0 Å². The lowest BCUT2D eigenvalue weighted by molar-refractivity contribution is 0.0641. The van der Waals surface area contributed by atoms with Crippen LogP contribution in [-0.4, -0.2) is 26.8 Å². The minimum absolute atomic E-state index is 0. The van der Waals surface area contributed by atoms with E-state index < -0.39 is 0 Å². The fraction of sp³-hybridized carbons (Fsp3) is 1.00. The van der Waals surface area contributed by atoms with Gasteiger partial charge in [-0.2, -0.15) is 0 Å². The van der Waals surface area contributed by atoms with Crippen molar-refractivity contribution < 1.29 is 4.74 Å². The molecule has 0 bridgehead atoms. The SMILES string of the molecule is CNCCC1CCOCC1.Cl. The molecule has 1 aliphatic rings. The van der Waals surface area contributed by atoms with Crippen molar-refractivity contribution in [3.05, 3.63) is 0 Å². The molecule has 0 saturated carbocycles. The van der Waals surface area contributed by atoms with E-state index in [1.807, 2.05) is 7.05 Å². The highest BCUT2D eigenvalue weighted by molar-refractivity contribution is 5.85. The van der Waals surface area contributed by atoms with Gasteiger partial charge in [0.25, 0.3) is 0 Å². The molecule has 0 spiro atoms. The highest BCUT2D eigenvalue weighted by Gasteiger charge is 2.11. The van der Waals surface area contributed by atoms with Crippen LogP contribution in [0.25, 0.3) is 0 Å². The van der Waals surface area contributed by atoms with Crippen LogP contribution in [0.3, 0.4) is 0 Å². The van der Waals surface area contributed by atoms with E-state index in [9.17, 15) is 0 Å². The molecule has 0 aromatic carbocycles. The Morgan fingerprint density at radius 2 is 2.00 bits per heavy atom. The van der Waals surface area contributed by atoms with Crippen molar-refractivity contribution in [3.8, 4) is 0 Å². The molecule has 0 unspecified atom stereocenters. The Morgan fingerprint density at radius 1 is 1.36 bits per heavy atom. The van der Waals surface area contributed by atoms with Crippen LogP contribution in [0, 0.1) is 5.92 Å². The lowest BCUT2D eigenvalue weighted by atomic mass is 9.97. The Morgan fingerprint density at radius 3 is 2.55 bits per heavy atom. The lowest BCUT2D eigenvalue weighted by Crippen LogP contribution is -2.20. The molecule has 68 valence electrons. The molecule has 0 atom stereocenters. The first-order valence-corrected chi connectivity index (χ1v) is 4.16. The number of ether oxygens (including phenoxy) is 1. The van der Waals surface area contributed by atoms with E-state index in [2.05, 4.69) is 5.32 Å². The predicted octanol–water partition coefficient (Wildman–Crippen LogP) is 1.44. The summed E-state index contributed by atoms with van der Waals surface area (Å²) in [5.74, 6) is 0.918. The van der Waals surface area contributed by atoms with E-state index in [1.54, 1.807) is 0 Å². The molecule has 1 saturated heterocycles. The summed E-state index contributed by atoms with van der Waals surface area (Å²) >= 11 is 0. The van der Waals surface area contributed by atoms with Crippen LogP contribution in [0.4, 0.5) is 0 Å². The average molecular weight is 180 g/mol. The third-order valence-electron chi connectivity index (χ3n) is 2.14. The van der Waals surface area contributed by atoms with E-state index in [0.717, 1.165) is 25.7 Å². The minimum atomic E-state index is 0. The van der Waals surface area contributed by atoms with Crippen molar-refractivity contribution in [1.82, 2.24) is 5.32 Å². The van der Waals surface area contributed by atoms with Crippen LogP contribution in [-0.2, 0) is 4.74 Å². The highest BCUT2D eigenvalue weighted by atomic mass is 35.5. The number of halogens is 1. The van der Waals surface area contributed by atoms with Gasteiger partial charge in [-0.15, -0.1) is 12.4 Å². The van der Waals surface area contributed by atoms with E-state index in [4.69, 9.17) is 4.74 Å². The fourth-order valence-corrected chi connectivity index (χ4v) is 1.38. The summed E-state index contributed by atoms with van der Waals surface area (Å²) in [4.78, 5) is 0. The number of hydrogen-bond acceptors (Lipinski definition) is 2. The van der Waals surface area contributed by atoms with Crippen LogP contribution in [0.5, 0.6) is 0 Å². The second kappa shape index (κ2) is 6.89. The summed E-state index contributed by atoms with van der Waals surface area (Å²) in [5.41, 5.74) is 0. The third kappa shape index (κ3) is 4.62. The van der Waals surface area contributed by atoms with Crippen LogP contribution >= 0.6 is 12.4 Å². The molecule has 0 radical (unpaired) electrons. The molecule has 0 aromatic heterocycles. The van der Waals surface area contributed by atoms with Gasteiger partial charge in [-0.3, -0.25) is 0 Å². The summed E-state index contributed by atoms with van der Waals surface area (Å²) < 4.78 is 5.26. The third-order valence-corrected chi connectivity index (χ3v) is 2.14. The second-order valence-corrected chi connectivity index (χ2v) is 2.95. The molecule has 11 heavy (non-hydrogen) atoms. The first-order valence-electron chi connectivity index (χ1n) is 4.16. The van der Waals surface area contributed by atoms with Crippen LogP contribution in [0.2, 0.25) is 0 Å². The summed E-state index contributed by atoms with van der Waals surface area (Å²) in [6.07, 6.45) is 3.85. The first-order chi connectivity index (χ1) is 4.93. The molecule has 1 rings (SSSR count). The zero-order valence-corrected chi connectivity index (χ0v) is 7.95. The van der Waals surface area contributed by atoms with Crippen LogP contribution < -0.4 is 5.32 Å². The molecule has 2 nitrogen and oxygen atoms in total. The monoisotopic (exact) mass is 179 g/mol. The van der Waals surface area contributed by atoms with Crippen molar-refractivity contribution >= 4 is 12.4 Å². The van der Waals surface area contributed by atoms with Crippen LogP contribution in [0.15, 0.2) is 0 Å². The smallest absolute Gasteiger partial charge is 0.0468 e. The Balaban J connectivity index is 0.000001000. The van der Waals surface area contributed by atoms with Gasteiger partial charge in [0.2, 0.25) is 0 Å². The summed E-state index contributed by atoms with van der Waals surface area (Å²) in [7, 11) is 2.01. The molecule has 3 heteroatoms. The molecule has 1 aliphatic heterocycles. The van der Waals surface area contributed by atoms with Gasteiger partial charge in [-0.25, -0.2) is 0 Å².